The zero-order valence-electron chi connectivity index (χ0n) is 34.1. The van der Waals surface area contributed by atoms with Crippen LogP contribution in [0, 0.1) is 0 Å². The lowest BCUT2D eigenvalue weighted by molar-refractivity contribution is -0.161. The zero-order chi connectivity index (χ0) is 38.2. The van der Waals surface area contributed by atoms with Crippen molar-refractivity contribution in [2.75, 3.05) is 26.4 Å². The Kier molecular flexibility index (Phi) is 38.9. The third-order valence-electron chi connectivity index (χ3n) is 9.74. The van der Waals surface area contributed by atoms with Gasteiger partial charge in [-0.05, 0) is 12.8 Å². The van der Waals surface area contributed by atoms with E-state index in [1.807, 2.05) is 0 Å². The molecule has 310 valence electrons. The minimum atomic E-state index is -4.37. The summed E-state index contributed by atoms with van der Waals surface area (Å²) in [6.07, 6.45) is 38.5. The first-order valence-corrected chi connectivity index (χ1v) is 23.5. The molecule has 0 rings (SSSR count). The van der Waals surface area contributed by atoms with Crippen molar-refractivity contribution in [2.45, 2.75) is 232 Å². The van der Waals surface area contributed by atoms with E-state index in [0.717, 1.165) is 32.1 Å². The first-order valence-electron chi connectivity index (χ1n) is 22.0. The molecular weight excluding hydrogens is 677 g/mol. The fraction of sp³-hybridized carbons (Fsp3) is 0.952. The van der Waals surface area contributed by atoms with Crippen LogP contribution in [0.5, 0.6) is 0 Å². The highest BCUT2D eigenvalue weighted by atomic mass is 31.2. The van der Waals surface area contributed by atoms with Crippen LogP contribution in [0.3, 0.4) is 0 Å². The van der Waals surface area contributed by atoms with E-state index in [4.69, 9.17) is 24.3 Å². The summed E-state index contributed by atoms with van der Waals surface area (Å²) in [4.78, 5) is 34.8. The topological polar surface area (TPSA) is 134 Å². The van der Waals surface area contributed by atoms with Gasteiger partial charge < -0.3 is 20.1 Å². The Morgan fingerprint density at radius 3 is 1.17 bits per heavy atom. The lowest BCUT2D eigenvalue weighted by atomic mass is 10.0. The summed E-state index contributed by atoms with van der Waals surface area (Å²) in [5.74, 6) is -0.813. The average molecular weight is 762 g/mol. The van der Waals surface area contributed by atoms with Crippen LogP contribution < -0.4 is 5.73 Å². The molecule has 10 heteroatoms. The monoisotopic (exact) mass is 762 g/mol. The van der Waals surface area contributed by atoms with Crippen molar-refractivity contribution in [1.82, 2.24) is 0 Å². The molecule has 0 bridgehead atoms. The minimum Gasteiger partial charge on any atom is -0.462 e. The van der Waals surface area contributed by atoms with Gasteiger partial charge in [0.25, 0.3) is 0 Å². The second-order valence-electron chi connectivity index (χ2n) is 14.9. The number of esters is 2. The normalized spacial score (nSPS) is 13.2. The highest BCUT2D eigenvalue weighted by molar-refractivity contribution is 7.47. The molecule has 0 saturated heterocycles. The summed E-state index contributed by atoms with van der Waals surface area (Å²) in [6.45, 7) is 3.77. The molecule has 0 aliphatic heterocycles. The molecule has 3 N–H and O–H groups in total. The quantitative estimate of drug-likeness (QED) is 0.0354. The lowest BCUT2D eigenvalue weighted by Crippen LogP contribution is -2.29. The number of hydrogen-bond acceptors (Lipinski definition) is 8. The van der Waals surface area contributed by atoms with Crippen LogP contribution in [-0.2, 0) is 32.7 Å². The van der Waals surface area contributed by atoms with Gasteiger partial charge in [0, 0.05) is 19.4 Å². The largest absolute Gasteiger partial charge is 0.472 e. The number of carbonyl (C=O) groups is 2. The highest BCUT2D eigenvalue weighted by Crippen LogP contribution is 2.43. The Morgan fingerprint density at radius 2 is 0.827 bits per heavy atom. The summed E-state index contributed by atoms with van der Waals surface area (Å²) in [6, 6.07) is 0. The zero-order valence-corrected chi connectivity index (χ0v) is 35.0. The van der Waals surface area contributed by atoms with Crippen LogP contribution in [0.2, 0.25) is 0 Å². The van der Waals surface area contributed by atoms with E-state index in [1.165, 1.54) is 161 Å². The van der Waals surface area contributed by atoms with Crippen molar-refractivity contribution in [2.24, 2.45) is 5.73 Å². The van der Waals surface area contributed by atoms with E-state index in [9.17, 15) is 19.0 Å². The van der Waals surface area contributed by atoms with Gasteiger partial charge in [-0.1, -0.05) is 200 Å². The molecule has 0 heterocycles. The predicted molar refractivity (Wildman–Crippen MR) is 215 cm³/mol. The van der Waals surface area contributed by atoms with E-state index in [2.05, 4.69) is 13.8 Å². The standard InChI is InChI=1S/C42H84NO8P/c1-3-5-7-9-11-13-15-17-18-19-20-21-22-23-25-26-28-30-32-34-41(44)48-38-40(39-50-52(46,47)49-37-36-43)51-42(45)35-33-31-29-27-24-16-14-12-10-8-6-4-2/h40H,3-39,43H2,1-2H3,(H,46,47)/t40-/m1/s1. The van der Waals surface area contributed by atoms with E-state index in [-0.39, 0.29) is 38.6 Å². The fourth-order valence-electron chi connectivity index (χ4n) is 6.46. The minimum absolute atomic E-state index is 0.0580. The first-order chi connectivity index (χ1) is 25.3. The fourth-order valence-corrected chi connectivity index (χ4v) is 7.23. The van der Waals surface area contributed by atoms with Crippen LogP contribution in [0.15, 0.2) is 0 Å². The molecule has 2 atom stereocenters. The molecule has 0 fully saturated rings. The maximum absolute atomic E-state index is 12.5. The SMILES string of the molecule is CCCCCCCCCCCCCCCCCCCCCC(=O)OC[C@H](COP(=O)(O)OCCN)OC(=O)CCCCCCCCCCCCCC. The summed E-state index contributed by atoms with van der Waals surface area (Å²) in [5.41, 5.74) is 5.34. The third kappa shape index (κ3) is 38.7. The Balaban J connectivity index is 4.04. The van der Waals surface area contributed by atoms with E-state index >= 15 is 0 Å². The number of unbranched alkanes of at least 4 members (excludes halogenated alkanes) is 29. The summed E-state index contributed by atoms with van der Waals surface area (Å²) in [7, 11) is -4.37. The second-order valence-corrected chi connectivity index (χ2v) is 16.4. The molecular formula is C42H84NO8P. The lowest BCUT2D eigenvalue weighted by Gasteiger charge is -2.19. The van der Waals surface area contributed by atoms with Crippen molar-refractivity contribution < 1.29 is 37.6 Å². The van der Waals surface area contributed by atoms with Crippen LogP contribution in [-0.4, -0.2) is 49.3 Å². The number of hydrogen-bond donors (Lipinski definition) is 2. The number of rotatable bonds is 42. The maximum Gasteiger partial charge on any atom is 0.472 e. The summed E-state index contributed by atoms with van der Waals surface area (Å²) >= 11 is 0. The average Bonchev–Trinajstić information content (AvgIpc) is 3.13. The van der Waals surface area contributed by atoms with Crippen LogP contribution in [0.4, 0.5) is 0 Å². The van der Waals surface area contributed by atoms with Gasteiger partial charge in [-0.15, -0.1) is 0 Å². The molecule has 0 spiro atoms. The smallest absolute Gasteiger partial charge is 0.462 e. The summed E-state index contributed by atoms with van der Waals surface area (Å²) < 4.78 is 32.8. The molecule has 0 aromatic carbocycles. The van der Waals surface area contributed by atoms with Gasteiger partial charge in [0.1, 0.15) is 6.61 Å². The van der Waals surface area contributed by atoms with E-state index in [0.29, 0.717) is 6.42 Å². The first kappa shape index (κ1) is 51.0. The number of phosphoric ester groups is 1. The van der Waals surface area contributed by atoms with E-state index < -0.39 is 26.5 Å². The van der Waals surface area contributed by atoms with Gasteiger partial charge in [0.05, 0.1) is 13.2 Å². The van der Waals surface area contributed by atoms with Crippen molar-refractivity contribution >= 4 is 19.8 Å². The van der Waals surface area contributed by atoms with Crippen LogP contribution in [0.1, 0.15) is 226 Å². The molecule has 0 aliphatic rings. The van der Waals surface area contributed by atoms with Crippen LogP contribution >= 0.6 is 7.82 Å². The number of nitrogens with two attached hydrogens (primary N) is 1. The second kappa shape index (κ2) is 39.7. The number of carbonyl (C=O) groups excluding carboxylic acids is 2. The van der Waals surface area contributed by atoms with Crippen molar-refractivity contribution in [3.8, 4) is 0 Å². The van der Waals surface area contributed by atoms with Crippen molar-refractivity contribution in [3.63, 3.8) is 0 Å². The molecule has 0 aromatic rings. The van der Waals surface area contributed by atoms with Crippen molar-refractivity contribution in [1.29, 1.82) is 0 Å². The maximum atomic E-state index is 12.5. The molecule has 0 radical (unpaired) electrons. The van der Waals surface area contributed by atoms with Crippen molar-refractivity contribution in [3.05, 3.63) is 0 Å². The molecule has 52 heavy (non-hydrogen) atoms. The number of ether oxygens (including phenoxy) is 2. The van der Waals surface area contributed by atoms with Gasteiger partial charge in [0.2, 0.25) is 0 Å². The molecule has 9 nitrogen and oxygen atoms in total. The molecule has 0 amide bonds. The Bertz CT molecular complexity index is 830. The molecule has 1 unspecified atom stereocenters. The van der Waals surface area contributed by atoms with E-state index in [1.54, 1.807) is 0 Å². The van der Waals surface area contributed by atoms with Gasteiger partial charge in [-0.2, -0.15) is 0 Å². The highest BCUT2D eigenvalue weighted by Gasteiger charge is 2.26. The Labute approximate surface area is 320 Å². The summed E-state index contributed by atoms with van der Waals surface area (Å²) in [5, 5.41) is 0. The molecule has 0 aliphatic carbocycles. The Hall–Kier alpha value is -0.990. The van der Waals surface area contributed by atoms with Gasteiger partial charge in [-0.25, -0.2) is 4.57 Å². The van der Waals surface area contributed by atoms with Gasteiger partial charge >= 0.3 is 19.8 Å². The third-order valence-corrected chi connectivity index (χ3v) is 10.7. The Morgan fingerprint density at radius 1 is 0.500 bits per heavy atom. The van der Waals surface area contributed by atoms with Crippen LogP contribution in [0.25, 0.3) is 0 Å². The molecule has 0 aromatic heterocycles. The number of phosphoric acid groups is 1. The molecule has 0 saturated carbocycles. The predicted octanol–water partition coefficient (Wildman–Crippen LogP) is 12.4. The van der Waals surface area contributed by atoms with Gasteiger partial charge in [-0.3, -0.25) is 18.6 Å². The van der Waals surface area contributed by atoms with Gasteiger partial charge in [0.15, 0.2) is 6.10 Å².